The summed E-state index contributed by atoms with van der Waals surface area (Å²) in [5.74, 6) is -0.273. The minimum Gasteiger partial charge on any atom is -0.383 e. The topological polar surface area (TPSA) is 29.5 Å². The van der Waals surface area contributed by atoms with Crippen LogP contribution in [-0.2, 0) is 22.5 Å². The standard InChI is InChI=1S/C16H18FNO2S/c1-20-8-7-18(11-14-6-9-21-12-14)16(19)10-13-2-4-15(17)5-3-13/h2-6,9,12H,7-8,10-11H2,1H3. The second-order valence-corrected chi connectivity index (χ2v) is 5.52. The largest absolute Gasteiger partial charge is 0.383 e. The molecule has 0 aliphatic heterocycles. The van der Waals surface area contributed by atoms with Gasteiger partial charge in [-0.05, 0) is 40.1 Å². The van der Waals surface area contributed by atoms with Crippen LogP contribution < -0.4 is 0 Å². The Kier molecular flexibility index (Phi) is 5.90. The Morgan fingerprint density at radius 3 is 2.62 bits per heavy atom. The van der Waals surface area contributed by atoms with Crippen molar-refractivity contribution in [3.8, 4) is 0 Å². The first-order valence-corrected chi connectivity index (χ1v) is 7.65. The highest BCUT2D eigenvalue weighted by atomic mass is 32.1. The monoisotopic (exact) mass is 307 g/mol. The van der Waals surface area contributed by atoms with Gasteiger partial charge in [0.1, 0.15) is 5.82 Å². The summed E-state index contributed by atoms with van der Waals surface area (Å²) in [5.41, 5.74) is 1.93. The zero-order chi connectivity index (χ0) is 15.1. The molecule has 0 spiro atoms. The van der Waals surface area contributed by atoms with Crippen molar-refractivity contribution in [1.29, 1.82) is 0 Å². The van der Waals surface area contributed by atoms with Crippen molar-refractivity contribution in [3.05, 3.63) is 58.0 Å². The van der Waals surface area contributed by atoms with Gasteiger partial charge in [-0.1, -0.05) is 12.1 Å². The third-order valence-electron chi connectivity index (χ3n) is 3.14. The molecule has 0 unspecified atom stereocenters. The lowest BCUT2D eigenvalue weighted by atomic mass is 10.1. The molecule has 0 aliphatic rings. The van der Waals surface area contributed by atoms with Crippen LogP contribution in [0.5, 0.6) is 0 Å². The number of carbonyl (C=O) groups excluding carboxylic acids is 1. The van der Waals surface area contributed by atoms with Crippen LogP contribution in [0.4, 0.5) is 4.39 Å². The lowest BCUT2D eigenvalue weighted by molar-refractivity contribution is -0.131. The first-order chi connectivity index (χ1) is 10.2. The van der Waals surface area contributed by atoms with Crippen LogP contribution in [0.2, 0.25) is 0 Å². The molecule has 0 fully saturated rings. The van der Waals surface area contributed by atoms with Gasteiger partial charge in [-0.3, -0.25) is 4.79 Å². The predicted octanol–water partition coefficient (Wildman–Crippen LogP) is 3.10. The van der Waals surface area contributed by atoms with E-state index in [0.717, 1.165) is 11.1 Å². The smallest absolute Gasteiger partial charge is 0.227 e. The van der Waals surface area contributed by atoms with Gasteiger partial charge in [-0.2, -0.15) is 11.3 Å². The van der Waals surface area contributed by atoms with E-state index < -0.39 is 0 Å². The number of methoxy groups -OCH3 is 1. The Morgan fingerprint density at radius 1 is 1.24 bits per heavy atom. The van der Waals surface area contributed by atoms with Gasteiger partial charge in [0.25, 0.3) is 0 Å². The molecule has 21 heavy (non-hydrogen) atoms. The number of hydrogen-bond acceptors (Lipinski definition) is 3. The zero-order valence-electron chi connectivity index (χ0n) is 11.9. The van der Waals surface area contributed by atoms with E-state index in [1.807, 2.05) is 16.8 Å². The minimum atomic E-state index is -0.291. The van der Waals surface area contributed by atoms with Crippen LogP contribution in [0.25, 0.3) is 0 Å². The third kappa shape index (κ3) is 4.95. The van der Waals surface area contributed by atoms with E-state index in [-0.39, 0.29) is 18.1 Å². The van der Waals surface area contributed by atoms with Crippen molar-refractivity contribution < 1.29 is 13.9 Å². The molecule has 2 aromatic rings. The number of halogens is 1. The first-order valence-electron chi connectivity index (χ1n) is 6.71. The van der Waals surface area contributed by atoms with Crippen molar-refractivity contribution in [2.75, 3.05) is 20.3 Å². The fraction of sp³-hybridized carbons (Fsp3) is 0.312. The van der Waals surface area contributed by atoms with E-state index in [1.165, 1.54) is 12.1 Å². The molecule has 112 valence electrons. The molecule has 1 aromatic heterocycles. The second-order valence-electron chi connectivity index (χ2n) is 4.74. The third-order valence-corrected chi connectivity index (χ3v) is 3.87. The molecule has 2 rings (SSSR count). The van der Waals surface area contributed by atoms with Crippen molar-refractivity contribution in [3.63, 3.8) is 0 Å². The van der Waals surface area contributed by atoms with Gasteiger partial charge in [0, 0.05) is 20.2 Å². The van der Waals surface area contributed by atoms with Crippen molar-refractivity contribution in [2.24, 2.45) is 0 Å². The van der Waals surface area contributed by atoms with E-state index in [9.17, 15) is 9.18 Å². The highest BCUT2D eigenvalue weighted by Gasteiger charge is 2.14. The van der Waals surface area contributed by atoms with E-state index in [0.29, 0.717) is 19.7 Å². The van der Waals surface area contributed by atoms with Crippen molar-refractivity contribution in [2.45, 2.75) is 13.0 Å². The average Bonchev–Trinajstić information content (AvgIpc) is 2.98. The van der Waals surface area contributed by atoms with Crippen LogP contribution in [0.1, 0.15) is 11.1 Å². The molecule has 0 radical (unpaired) electrons. The molecule has 1 amide bonds. The van der Waals surface area contributed by atoms with Gasteiger partial charge in [0.2, 0.25) is 5.91 Å². The van der Waals surface area contributed by atoms with Crippen LogP contribution in [0, 0.1) is 5.82 Å². The van der Waals surface area contributed by atoms with Gasteiger partial charge >= 0.3 is 0 Å². The predicted molar refractivity (Wildman–Crippen MR) is 81.7 cm³/mol. The number of amides is 1. The molecule has 3 nitrogen and oxygen atoms in total. The molecule has 0 bridgehead atoms. The SMILES string of the molecule is COCCN(Cc1ccsc1)C(=O)Cc1ccc(F)cc1. The number of benzene rings is 1. The van der Waals surface area contributed by atoms with E-state index in [1.54, 1.807) is 35.5 Å². The summed E-state index contributed by atoms with van der Waals surface area (Å²) in [4.78, 5) is 14.2. The van der Waals surface area contributed by atoms with Gasteiger partial charge in [0.05, 0.1) is 13.0 Å². The molecular weight excluding hydrogens is 289 g/mol. The molecule has 5 heteroatoms. The molecular formula is C16H18FNO2S. The summed E-state index contributed by atoms with van der Waals surface area (Å²) >= 11 is 1.61. The number of nitrogens with zero attached hydrogens (tertiary/aromatic N) is 1. The normalized spacial score (nSPS) is 10.6. The van der Waals surface area contributed by atoms with Crippen LogP contribution in [0.3, 0.4) is 0 Å². The summed E-state index contributed by atoms with van der Waals surface area (Å²) in [5, 5.41) is 4.03. The van der Waals surface area contributed by atoms with Crippen molar-refractivity contribution in [1.82, 2.24) is 4.90 Å². The lowest BCUT2D eigenvalue weighted by Gasteiger charge is -2.22. The Labute approximate surface area is 128 Å². The molecule has 1 aromatic carbocycles. The summed E-state index contributed by atoms with van der Waals surface area (Å²) in [6.45, 7) is 1.62. The van der Waals surface area contributed by atoms with E-state index >= 15 is 0 Å². The molecule has 0 saturated heterocycles. The zero-order valence-corrected chi connectivity index (χ0v) is 12.7. The summed E-state index contributed by atoms with van der Waals surface area (Å²) in [7, 11) is 1.62. The van der Waals surface area contributed by atoms with Crippen LogP contribution in [-0.4, -0.2) is 31.1 Å². The summed E-state index contributed by atoms with van der Waals surface area (Å²) < 4.78 is 18.0. The fourth-order valence-corrected chi connectivity index (χ4v) is 2.64. The van der Waals surface area contributed by atoms with Crippen molar-refractivity contribution >= 4 is 17.2 Å². The number of ether oxygens (including phenoxy) is 1. The molecule has 0 aliphatic carbocycles. The van der Waals surface area contributed by atoms with Gasteiger partial charge in [-0.15, -0.1) is 0 Å². The number of thiophene rings is 1. The van der Waals surface area contributed by atoms with E-state index in [2.05, 4.69) is 0 Å². The van der Waals surface area contributed by atoms with Gasteiger partial charge < -0.3 is 9.64 Å². The van der Waals surface area contributed by atoms with Gasteiger partial charge in [0.15, 0.2) is 0 Å². The second kappa shape index (κ2) is 7.90. The fourth-order valence-electron chi connectivity index (χ4n) is 1.99. The Hall–Kier alpha value is -1.72. The summed E-state index contributed by atoms with van der Waals surface area (Å²) in [6, 6.07) is 8.05. The first kappa shape index (κ1) is 15.7. The molecule has 0 N–H and O–H groups in total. The van der Waals surface area contributed by atoms with E-state index in [4.69, 9.17) is 4.74 Å². The minimum absolute atomic E-state index is 0.0184. The number of hydrogen-bond donors (Lipinski definition) is 0. The lowest BCUT2D eigenvalue weighted by Crippen LogP contribution is -2.34. The maximum atomic E-state index is 12.9. The molecule has 1 heterocycles. The average molecular weight is 307 g/mol. The maximum absolute atomic E-state index is 12.9. The van der Waals surface area contributed by atoms with Crippen LogP contribution in [0.15, 0.2) is 41.1 Å². The van der Waals surface area contributed by atoms with Crippen LogP contribution >= 0.6 is 11.3 Å². The van der Waals surface area contributed by atoms with Gasteiger partial charge in [-0.25, -0.2) is 4.39 Å². The Bertz CT molecular complexity index is 554. The highest BCUT2D eigenvalue weighted by molar-refractivity contribution is 7.07. The Morgan fingerprint density at radius 2 is 2.00 bits per heavy atom. The quantitative estimate of drug-likeness (QED) is 0.786. The molecule has 0 saturated carbocycles. The Balaban J connectivity index is 2.00. The molecule has 0 atom stereocenters. The summed E-state index contributed by atoms with van der Waals surface area (Å²) in [6.07, 6.45) is 0.272. The number of carbonyl (C=O) groups is 1. The number of rotatable bonds is 7. The maximum Gasteiger partial charge on any atom is 0.227 e. The highest BCUT2D eigenvalue weighted by Crippen LogP contribution is 2.12.